The number of rotatable bonds is 6. The van der Waals surface area contributed by atoms with Crippen LogP contribution in [0.15, 0.2) is 35.5 Å². The van der Waals surface area contributed by atoms with Gasteiger partial charge >= 0.3 is 0 Å². The lowest BCUT2D eigenvalue weighted by Gasteiger charge is -2.44. The zero-order valence-corrected chi connectivity index (χ0v) is 19.4. The van der Waals surface area contributed by atoms with Gasteiger partial charge in [-0.15, -0.1) is 0 Å². The molecule has 0 aliphatic heterocycles. The summed E-state index contributed by atoms with van der Waals surface area (Å²) in [6, 6.07) is 0. The van der Waals surface area contributed by atoms with Crippen LogP contribution < -0.4 is 0 Å². The third-order valence-electron chi connectivity index (χ3n) is 8.00. The van der Waals surface area contributed by atoms with Gasteiger partial charge in [0.2, 0.25) is 0 Å². The summed E-state index contributed by atoms with van der Waals surface area (Å²) in [5, 5.41) is 30.2. The molecule has 0 amide bonds. The summed E-state index contributed by atoms with van der Waals surface area (Å²) in [6.07, 6.45) is 11.2. The van der Waals surface area contributed by atoms with Crippen molar-refractivity contribution in [2.24, 2.45) is 17.3 Å². The monoisotopic (exact) mass is 418 g/mol. The van der Waals surface area contributed by atoms with Crippen LogP contribution in [0.4, 0.5) is 0 Å². The minimum atomic E-state index is -0.678. The van der Waals surface area contributed by atoms with E-state index in [-0.39, 0.29) is 11.5 Å². The van der Waals surface area contributed by atoms with E-state index in [1.54, 1.807) is 0 Å². The molecule has 3 fully saturated rings. The first-order valence-corrected chi connectivity index (χ1v) is 11.8. The molecule has 4 heteroatoms. The summed E-state index contributed by atoms with van der Waals surface area (Å²) in [5.41, 5.74) is 2.76. The first-order chi connectivity index (χ1) is 14.0. The molecule has 3 saturated carbocycles. The van der Waals surface area contributed by atoms with Crippen LogP contribution in [0.5, 0.6) is 0 Å². The fourth-order valence-corrected chi connectivity index (χ4v) is 6.09. The van der Waals surface area contributed by atoms with Gasteiger partial charge in [-0.3, -0.25) is 0 Å². The van der Waals surface area contributed by atoms with Crippen molar-refractivity contribution in [1.82, 2.24) is 0 Å². The molecule has 3 rings (SSSR count). The van der Waals surface area contributed by atoms with E-state index in [4.69, 9.17) is 4.74 Å². The summed E-state index contributed by atoms with van der Waals surface area (Å²) in [4.78, 5) is 0. The molecule has 0 aromatic heterocycles. The normalized spacial score (nSPS) is 38.8. The highest BCUT2D eigenvalue weighted by Crippen LogP contribution is 2.58. The number of allylic oxidation sites excluding steroid dienone is 3. The van der Waals surface area contributed by atoms with Crippen LogP contribution in [0.3, 0.4) is 0 Å². The van der Waals surface area contributed by atoms with Crippen LogP contribution in [0.1, 0.15) is 79.1 Å². The van der Waals surface area contributed by atoms with Crippen molar-refractivity contribution in [3.05, 3.63) is 35.5 Å². The van der Waals surface area contributed by atoms with Crippen molar-refractivity contribution < 1.29 is 20.1 Å². The van der Waals surface area contributed by atoms with Crippen LogP contribution >= 0.6 is 0 Å². The number of fused-ring (bicyclic) bond motifs is 1. The molecule has 170 valence electrons. The minimum Gasteiger partial charge on any atom is -0.390 e. The van der Waals surface area contributed by atoms with Crippen molar-refractivity contribution in [1.29, 1.82) is 0 Å². The summed E-state index contributed by atoms with van der Waals surface area (Å²) in [6.45, 7) is 12.7. The molecule has 6 atom stereocenters. The van der Waals surface area contributed by atoms with Gasteiger partial charge in [-0.25, -0.2) is 0 Å². The van der Waals surface area contributed by atoms with E-state index in [9.17, 15) is 15.3 Å². The molecule has 4 nitrogen and oxygen atoms in total. The number of ether oxygens (including phenoxy) is 1. The molecule has 3 N–H and O–H groups in total. The second-order valence-corrected chi connectivity index (χ2v) is 10.8. The van der Waals surface area contributed by atoms with Crippen molar-refractivity contribution in [3.8, 4) is 0 Å². The van der Waals surface area contributed by atoms with Gasteiger partial charge in [0.05, 0.1) is 23.9 Å². The Hall–Kier alpha value is -0.940. The number of hydrogen-bond donors (Lipinski definition) is 3. The van der Waals surface area contributed by atoms with E-state index < -0.39 is 17.8 Å². The van der Waals surface area contributed by atoms with Crippen molar-refractivity contribution >= 4 is 0 Å². The SMILES string of the molecule is C=C1C(O)CC(=C/C=C2\CCCC3(C)[C@@H]([C@H](C)OCCC(C)(C)O)CC[C@@H]23)C[C@H]1O. The number of aliphatic hydroxyl groups excluding tert-OH is 2. The van der Waals surface area contributed by atoms with Gasteiger partial charge in [0.15, 0.2) is 0 Å². The molecule has 0 radical (unpaired) electrons. The standard InChI is InChI=1S/C26H42O4/c1-17-23(27)15-19(16-24(17)28)8-9-20-7-6-12-26(5)21(10-11-22(20)26)18(2)30-14-13-25(3,4)29/h8-9,18,21-24,27-29H,1,6-7,10-16H2,2-5H3/b19-8?,20-9+/t18-,21+,22-,23+,24?,26?/m0/s1. The highest BCUT2D eigenvalue weighted by Gasteiger charge is 2.51. The predicted octanol–water partition coefficient (Wildman–Crippen LogP) is 4.69. The maximum Gasteiger partial charge on any atom is 0.0809 e. The van der Waals surface area contributed by atoms with Gasteiger partial charge in [-0.05, 0) is 95.0 Å². The van der Waals surface area contributed by atoms with Gasteiger partial charge in [-0.1, -0.05) is 36.8 Å². The van der Waals surface area contributed by atoms with Crippen LogP contribution in [-0.4, -0.2) is 45.8 Å². The zero-order valence-electron chi connectivity index (χ0n) is 19.4. The Morgan fingerprint density at radius 3 is 2.50 bits per heavy atom. The molecule has 0 saturated heterocycles. The van der Waals surface area contributed by atoms with E-state index >= 15 is 0 Å². The Balaban J connectivity index is 1.67. The van der Waals surface area contributed by atoms with E-state index in [0.717, 1.165) is 12.0 Å². The fraction of sp³-hybridized carbons (Fsp3) is 0.769. The van der Waals surface area contributed by atoms with Gasteiger partial charge in [0.1, 0.15) is 0 Å². The average Bonchev–Trinajstić information content (AvgIpc) is 3.00. The molecule has 3 aliphatic carbocycles. The lowest BCUT2D eigenvalue weighted by Crippen LogP contribution is -2.39. The van der Waals surface area contributed by atoms with Crippen LogP contribution in [0.25, 0.3) is 0 Å². The van der Waals surface area contributed by atoms with Gasteiger partial charge in [0.25, 0.3) is 0 Å². The Morgan fingerprint density at radius 2 is 1.87 bits per heavy atom. The Kier molecular flexibility index (Phi) is 7.33. The second kappa shape index (κ2) is 9.28. The topological polar surface area (TPSA) is 69.9 Å². The van der Waals surface area contributed by atoms with Crippen molar-refractivity contribution in [2.45, 2.75) is 103 Å². The van der Waals surface area contributed by atoms with Crippen LogP contribution in [0.2, 0.25) is 0 Å². The number of hydrogen-bond acceptors (Lipinski definition) is 4. The maximum absolute atomic E-state index is 10.1. The Morgan fingerprint density at radius 1 is 1.20 bits per heavy atom. The average molecular weight is 419 g/mol. The molecule has 2 unspecified atom stereocenters. The van der Waals surface area contributed by atoms with E-state index in [1.165, 1.54) is 31.3 Å². The molecule has 0 aromatic rings. The third-order valence-corrected chi connectivity index (χ3v) is 8.00. The van der Waals surface area contributed by atoms with Gasteiger partial charge in [0, 0.05) is 6.61 Å². The summed E-state index contributed by atoms with van der Waals surface area (Å²) < 4.78 is 6.18. The minimum absolute atomic E-state index is 0.203. The molecular formula is C26H42O4. The number of aliphatic hydroxyl groups is 3. The third kappa shape index (κ3) is 5.27. The van der Waals surface area contributed by atoms with Crippen LogP contribution in [0, 0.1) is 17.3 Å². The zero-order chi connectivity index (χ0) is 22.1. The van der Waals surface area contributed by atoms with E-state index in [2.05, 4.69) is 32.6 Å². The van der Waals surface area contributed by atoms with Gasteiger partial charge in [-0.2, -0.15) is 0 Å². The van der Waals surface area contributed by atoms with E-state index in [0.29, 0.717) is 43.3 Å². The Labute approximate surface area is 182 Å². The second-order valence-electron chi connectivity index (χ2n) is 10.8. The fourth-order valence-electron chi connectivity index (χ4n) is 6.09. The smallest absolute Gasteiger partial charge is 0.0809 e. The largest absolute Gasteiger partial charge is 0.390 e. The van der Waals surface area contributed by atoms with Crippen molar-refractivity contribution in [2.75, 3.05) is 6.61 Å². The Bertz CT molecular complexity index is 670. The molecule has 0 spiro atoms. The van der Waals surface area contributed by atoms with E-state index in [1.807, 2.05) is 13.8 Å². The summed E-state index contributed by atoms with van der Waals surface area (Å²) in [7, 11) is 0. The highest BCUT2D eigenvalue weighted by atomic mass is 16.5. The van der Waals surface area contributed by atoms with Crippen molar-refractivity contribution in [3.63, 3.8) is 0 Å². The highest BCUT2D eigenvalue weighted by molar-refractivity contribution is 5.29. The summed E-state index contributed by atoms with van der Waals surface area (Å²) >= 11 is 0. The molecule has 0 bridgehead atoms. The molecule has 3 aliphatic rings. The van der Waals surface area contributed by atoms with Crippen LogP contribution in [-0.2, 0) is 4.74 Å². The molecule has 30 heavy (non-hydrogen) atoms. The molecule has 0 aromatic carbocycles. The lowest BCUT2D eigenvalue weighted by molar-refractivity contribution is -0.0454. The first kappa shape index (κ1) is 23.7. The molecule has 0 heterocycles. The quantitative estimate of drug-likeness (QED) is 0.547. The predicted molar refractivity (Wildman–Crippen MR) is 121 cm³/mol. The lowest BCUT2D eigenvalue weighted by atomic mass is 9.62. The van der Waals surface area contributed by atoms with Gasteiger partial charge < -0.3 is 20.1 Å². The summed E-state index contributed by atoms with van der Waals surface area (Å²) in [5.74, 6) is 1.13. The molecular weight excluding hydrogens is 376 g/mol. The maximum atomic E-state index is 10.1. The first-order valence-electron chi connectivity index (χ1n) is 11.8.